The molecule has 0 bridgehead atoms. The van der Waals surface area contributed by atoms with E-state index < -0.39 is 0 Å². The molecule has 126 valence electrons. The molecule has 0 aromatic carbocycles. The lowest BCUT2D eigenvalue weighted by Gasteiger charge is -2.37. The van der Waals surface area contributed by atoms with E-state index in [4.69, 9.17) is 9.47 Å². The van der Waals surface area contributed by atoms with Crippen LogP contribution in [0.25, 0.3) is 0 Å². The molecule has 23 heavy (non-hydrogen) atoms. The molecule has 4 nitrogen and oxygen atoms in total. The lowest BCUT2D eigenvalue weighted by molar-refractivity contribution is -0.0572. The largest absolute Gasteiger partial charge is 0.375 e. The first-order chi connectivity index (χ1) is 11.3. The maximum Gasteiger partial charge on any atom is 0.0888 e. The summed E-state index contributed by atoms with van der Waals surface area (Å²) in [6, 6.07) is 6.75. The normalized spacial score (nSPS) is 31.3. The van der Waals surface area contributed by atoms with Crippen LogP contribution in [-0.2, 0) is 16.1 Å². The van der Waals surface area contributed by atoms with Gasteiger partial charge in [0, 0.05) is 24.8 Å². The van der Waals surface area contributed by atoms with Crippen molar-refractivity contribution in [1.82, 2.24) is 9.88 Å². The van der Waals surface area contributed by atoms with Crippen molar-refractivity contribution in [2.75, 3.05) is 26.3 Å². The number of ether oxygens (including phenoxy) is 2. The molecule has 3 atom stereocenters. The molecule has 1 unspecified atom stereocenters. The molecule has 0 N–H and O–H groups in total. The van der Waals surface area contributed by atoms with Crippen LogP contribution >= 0.6 is 0 Å². The molecule has 3 fully saturated rings. The number of nitrogens with zero attached hydrogens (tertiary/aromatic N) is 2. The first-order valence-corrected chi connectivity index (χ1v) is 9.14. The Labute approximate surface area is 139 Å². The van der Waals surface area contributed by atoms with E-state index in [2.05, 4.69) is 16.0 Å². The quantitative estimate of drug-likeness (QED) is 0.808. The Morgan fingerprint density at radius 3 is 3.00 bits per heavy atom. The summed E-state index contributed by atoms with van der Waals surface area (Å²) in [7, 11) is 0. The molecule has 0 spiro atoms. The third kappa shape index (κ3) is 3.93. The standard InChI is InChI=1S/C19H28N2O2/c1-14-3-2-4-17(20-14)13-22-12-16-9-18-19(10-16)23-8-7-21(18)11-15-5-6-15/h2-4,15-16,18-19H,5-13H2,1H3/t16?,18-,19-/m1/s1. The van der Waals surface area contributed by atoms with Gasteiger partial charge in [-0.05, 0) is 56.6 Å². The summed E-state index contributed by atoms with van der Waals surface area (Å²) < 4.78 is 12.0. The smallest absolute Gasteiger partial charge is 0.0888 e. The van der Waals surface area contributed by atoms with E-state index in [0.29, 0.717) is 24.7 Å². The Hall–Kier alpha value is -0.970. The number of aryl methyl sites for hydroxylation is 1. The van der Waals surface area contributed by atoms with Crippen LogP contribution in [0.3, 0.4) is 0 Å². The lowest BCUT2D eigenvalue weighted by atomic mass is 10.1. The number of rotatable bonds is 6. The lowest BCUT2D eigenvalue weighted by Crippen LogP contribution is -2.49. The zero-order valence-corrected chi connectivity index (χ0v) is 14.1. The van der Waals surface area contributed by atoms with Gasteiger partial charge in [-0.1, -0.05) is 6.07 Å². The molecule has 0 amide bonds. The van der Waals surface area contributed by atoms with Crippen molar-refractivity contribution < 1.29 is 9.47 Å². The number of hydrogen-bond donors (Lipinski definition) is 0. The summed E-state index contributed by atoms with van der Waals surface area (Å²) in [6.45, 7) is 6.82. The van der Waals surface area contributed by atoms with Crippen molar-refractivity contribution in [2.45, 2.75) is 51.4 Å². The van der Waals surface area contributed by atoms with E-state index >= 15 is 0 Å². The highest BCUT2D eigenvalue weighted by molar-refractivity contribution is 5.09. The zero-order valence-electron chi connectivity index (χ0n) is 14.1. The van der Waals surface area contributed by atoms with Crippen LogP contribution in [0.1, 0.15) is 37.1 Å². The van der Waals surface area contributed by atoms with Gasteiger partial charge in [0.15, 0.2) is 0 Å². The molecule has 4 heteroatoms. The van der Waals surface area contributed by atoms with Crippen LogP contribution in [0, 0.1) is 18.8 Å². The third-order valence-corrected chi connectivity index (χ3v) is 5.49. The fourth-order valence-corrected chi connectivity index (χ4v) is 4.13. The van der Waals surface area contributed by atoms with Crippen LogP contribution in [0.15, 0.2) is 18.2 Å². The molecule has 1 aromatic rings. The molecule has 1 aliphatic heterocycles. The third-order valence-electron chi connectivity index (χ3n) is 5.49. The van der Waals surface area contributed by atoms with Gasteiger partial charge in [0.05, 0.1) is 31.6 Å². The van der Waals surface area contributed by atoms with Crippen molar-refractivity contribution in [3.05, 3.63) is 29.6 Å². The van der Waals surface area contributed by atoms with Gasteiger partial charge < -0.3 is 9.47 Å². The average molecular weight is 316 g/mol. The van der Waals surface area contributed by atoms with Gasteiger partial charge in [0.1, 0.15) is 0 Å². The molecule has 4 rings (SSSR count). The fourth-order valence-electron chi connectivity index (χ4n) is 4.13. The van der Waals surface area contributed by atoms with Crippen LogP contribution in [0.4, 0.5) is 0 Å². The van der Waals surface area contributed by atoms with Gasteiger partial charge >= 0.3 is 0 Å². The summed E-state index contributed by atoms with van der Waals surface area (Å²) in [5, 5.41) is 0. The van der Waals surface area contributed by atoms with E-state index in [1.807, 2.05) is 19.1 Å². The summed E-state index contributed by atoms with van der Waals surface area (Å²) in [4.78, 5) is 7.21. The van der Waals surface area contributed by atoms with Crippen LogP contribution in [-0.4, -0.2) is 48.3 Å². The van der Waals surface area contributed by atoms with Gasteiger partial charge in [0.25, 0.3) is 0 Å². The molecule has 0 radical (unpaired) electrons. The van der Waals surface area contributed by atoms with E-state index in [9.17, 15) is 0 Å². The van der Waals surface area contributed by atoms with Gasteiger partial charge in [-0.25, -0.2) is 0 Å². The monoisotopic (exact) mass is 316 g/mol. The van der Waals surface area contributed by atoms with E-state index in [1.165, 1.54) is 25.8 Å². The topological polar surface area (TPSA) is 34.6 Å². The van der Waals surface area contributed by atoms with Gasteiger partial charge in [-0.2, -0.15) is 0 Å². The Kier molecular flexibility index (Phi) is 4.65. The van der Waals surface area contributed by atoms with E-state index in [1.54, 1.807) is 0 Å². The molecule has 3 aliphatic rings. The molecule has 2 heterocycles. The van der Waals surface area contributed by atoms with Crippen molar-refractivity contribution in [3.63, 3.8) is 0 Å². The summed E-state index contributed by atoms with van der Waals surface area (Å²) in [5.41, 5.74) is 2.09. The minimum Gasteiger partial charge on any atom is -0.375 e. The predicted molar refractivity (Wildman–Crippen MR) is 89.2 cm³/mol. The van der Waals surface area contributed by atoms with Gasteiger partial charge in [-0.3, -0.25) is 9.88 Å². The summed E-state index contributed by atoms with van der Waals surface area (Å²) >= 11 is 0. The van der Waals surface area contributed by atoms with Crippen LogP contribution < -0.4 is 0 Å². The minimum absolute atomic E-state index is 0.438. The number of aromatic nitrogens is 1. The van der Waals surface area contributed by atoms with E-state index in [-0.39, 0.29) is 0 Å². The Bertz CT molecular complexity index is 532. The molecular formula is C19H28N2O2. The number of hydrogen-bond acceptors (Lipinski definition) is 4. The van der Waals surface area contributed by atoms with Gasteiger partial charge in [-0.15, -0.1) is 0 Å². The molecule has 2 aliphatic carbocycles. The number of pyridine rings is 1. The molecular weight excluding hydrogens is 288 g/mol. The van der Waals surface area contributed by atoms with E-state index in [0.717, 1.165) is 43.5 Å². The van der Waals surface area contributed by atoms with Gasteiger partial charge in [0.2, 0.25) is 0 Å². The van der Waals surface area contributed by atoms with Crippen LogP contribution in [0.5, 0.6) is 0 Å². The Balaban J connectivity index is 1.26. The van der Waals surface area contributed by atoms with Crippen molar-refractivity contribution in [3.8, 4) is 0 Å². The Morgan fingerprint density at radius 2 is 2.17 bits per heavy atom. The van der Waals surface area contributed by atoms with Crippen molar-refractivity contribution in [1.29, 1.82) is 0 Å². The maximum atomic E-state index is 6.04. The second-order valence-electron chi connectivity index (χ2n) is 7.54. The maximum absolute atomic E-state index is 6.04. The highest BCUT2D eigenvalue weighted by Crippen LogP contribution is 2.37. The fraction of sp³-hybridized carbons (Fsp3) is 0.737. The predicted octanol–water partition coefficient (Wildman–Crippen LogP) is 2.80. The molecule has 1 saturated heterocycles. The summed E-state index contributed by atoms with van der Waals surface area (Å²) in [6.07, 6.45) is 5.70. The number of fused-ring (bicyclic) bond motifs is 1. The molecule has 1 aromatic heterocycles. The first-order valence-electron chi connectivity index (χ1n) is 9.14. The SMILES string of the molecule is Cc1cccc(COCC2C[C@@H]3[C@@H](C2)OCCN3CC2CC2)n1. The highest BCUT2D eigenvalue weighted by atomic mass is 16.5. The zero-order chi connectivity index (χ0) is 15.6. The van der Waals surface area contributed by atoms with Crippen molar-refractivity contribution in [2.24, 2.45) is 11.8 Å². The Morgan fingerprint density at radius 1 is 1.26 bits per heavy atom. The number of morpholine rings is 1. The molecule has 2 saturated carbocycles. The highest BCUT2D eigenvalue weighted by Gasteiger charge is 2.42. The second kappa shape index (κ2) is 6.88. The summed E-state index contributed by atoms with van der Waals surface area (Å²) in [5.74, 6) is 1.60. The minimum atomic E-state index is 0.438. The van der Waals surface area contributed by atoms with Crippen LogP contribution in [0.2, 0.25) is 0 Å². The average Bonchev–Trinajstić information content (AvgIpc) is 3.24. The second-order valence-corrected chi connectivity index (χ2v) is 7.54. The van der Waals surface area contributed by atoms with Crippen molar-refractivity contribution >= 4 is 0 Å². The first kappa shape index (κ1) is 15.6.